The Morgan fingerprint density at radius 3 is 1.82 bits per heavy atom. The maximum absolute atomic E-state index is 17.0. The zero-order chi connectivity index (χ0) is 78.1. The summed E-state index contributed by atoms with van der Waals surface area (Å²) in [6.45, 7) is 72.3. The topological polar surface area (TPSA) is 177 Å². The number of rotatable bonds is 31. The largest absolute Gasteiger partial charge is 0.768 e. The van der Waals surface area contributed by atoms with E-state index in [0.29, 0.717) is 44.3 Å². The molecule has 0 spiro atoms. The molecule has 16 nitrogen and oxygen atoms in total. The third-order valence-electron chi connectivity index (χ3n) is 26.4. The van der Waals surface area contributed by atoms with E-state index in [1.54, 1.807) is 19.2 Å². The van der Waals surface area contributed by atoms with Crippen LogP contribution in [0.3, 0.4) is 0 Å². The monoisotopic (exact) mass is 1670 g/mol. The predicted octanol–water partition coefficient (Wildman–Crippen LogP) is 19.9. The lowest BCUT2D eigenvalue weighted by molar-refractivity contribution is -0.268. The van der Waals surface area contributed by atoms with Gasteiger partial charge in [0.2, 0.25) is 0 Å². The normalized spacial score (nSPS) is 30.6. The highest BCUT2D eigenvalue weighted by Crippen LogP contribution is 2.51. The van der Waals surface area contributed by atoms with Gasteiger partial charge in [-0.3, -0.25) is 9.00 Å². The lowest BCUT2D eigenvalue weighted by Crippen LogP contribution is -2.69. The Morgan fingerprint density at radius 2 is 1.26 bits per heavy atom. The van der Waals surface area contributed by atoms with Gasteiger partial charge >= 0.3 is 0 Å². The number of halogens is 1. The summed E-state index contributed by atoms with van der Waals surface area (Å²) in [6.07, 6.45) is 3.58. The Hall–Kier alpha value is -0.486. The number of ether oxygens (including phenoxy) is 8. The van der Waals surface area contributed by atoms with Gasteiger partial charge in [-0.2, -0.15) is 0 Å². The lowest BCUT2D eigenvalue weighted by Gasteiger charge is -2.56. The van der Waals surface area contributed by atoms with E-state index in [1.807, 2.05) is 10.1 Å². The van der Waals surface area contributed by atoms with Crippen molar-refractivity contribution in [2.75, 3.05) is 26.9 Å². The fourth-order valence-electron chi connectivity index (χ4n) is 14.6. The number of aryl methyl sites for hydroxylation is 1. The van der Waals surface area contributed by atoms with Gasteiger partial charge in [0.15, 0.2) is 47.9 Å². The van der Waals surface area contributed by atoms with Gasteiger partial charge in [0, 0.05) is 43.6 Å². The highest BCUT2D eigenvalue weighted by Gasteiger charge is 2.60. The van der Waals surface area contributed by atoms with E-state index in [9.17, 15) is 8.76 Å². The molecule has 6 saturated heterocycles. The minimum Gasteiger partial charge on any atom is -0.768 e. The number of benzene rings is 1. The molecule has 23 heteroatoms. The average Bonchev–Trinajstić information content (AvgIpc) is 0.973. The molecule has 0 radical (unpaired) electrons. The van der Waals surface area contributed by atoms with E-state index in [1.165, 1.54) is 0 Å². The molecule has 0 amide bonds. The number of hydrogen-bond donors (Lipinski definition) is 0. The van der Waals surface area contributed by atoms with Crippen LogP contribution < -0.4 is 0 Å². The Labute approximate surface area is 652 Å². The van der Waals surface area contributed by atoms with Crippen molar-refractivity contribution < 1.29 is 73.6 Å². The highest BCUT2D eigenvalue weighted by molar-refractivity contribution is 14.1. The van der Waals surface area contributed by atoms with Crippen molar-refractivity contribution in [3.05, 3.63) is 63.8 Å². The van der Waals surface area contributed by atoms with E-state index in [-0.39, 0.29) is 78.9 Å². The summed E-state index contributed by atoms with van der Waals surface area (Å²) < 4.78 is 122. The second-order valence-electron chi connectivity index (χ2n) is 39.2. The molecule has 7 rings (SSSR count). The smallest absolute Gasteiger partial charge is 0.193 e. The van der Waals surface area contributed by atoms with Crippen LogP contribution in [0.5, 0.6) is 0 Å². The quantitative estimate of drug-likeness (QED) is 0.0296. The van der Waals surface area contributed by atoms with Gasteiger partial charge in [-0.15, -0.1) is 0 Å². The third kappa shape index (κ3) is 22.5. The van der Waals surface area contributed by atoms with Crippen LogP contribution in [0.1, 0.15) is 212 Å². The Balaban J connectivity index is 1.32. The molecule has 104 heavy (non-hydrogen) atoms. The van der Waals surface area contributed by atoms with Crippen LogP contribution in [0, 0.1) is 11.8 Å². The van der Waals surface area contributed by atoms with E-state index >= 15 is 4.79 Å². The number of hydrogen-bond acceptors (Lipinski definition) is 16. The Bertz CT molecular complexity index is 3050. The summed E-state index contributed by atoms with van der Waals surface area (Å²) in [7, 11) is -10.7. The van der Waals surface area contributed by atoms with Gasteiger partial charge in [0.1, 0.15) is 30.2 Å². The van der Waals surface area contributed by atoms with E-state index in [2.05, 4.69) is 218 Å². The molecular weight excluding hydrogens is 1530 g/mol. The first kappa shape index (κ1) is 90.7. The molecule has 6 fully saturated rings. The van der Waals surface area contributed by atoms with Crippen molar-refractivity contribution in [2.24, 2.45) is 11.8 Å². The van der Waals surface area contributed by atoms with Crippen molar-refractivity contribution in [3.8, 4) is 0 Å². The van der Waals surface area contributed by atoms with Crippen LogP contribution >= 0.6 is 22.6 Å². The molecule has 0 saturated carbocycles. The molecule has 0 bridgehead atoms. The van der Waals surface area contributed by atoms with Gasteiger partial charge in [0.25, 0.3) is 0 Å². The average molecular weight is 1670 g/mol. The molecule has 19 atom stereocenters. The van der Waals surface area contributed by atoms with Crippen molar-refractivity contribution in [1.82, 2.24) is 0 Å². The van der Waals surface area contributed by atoms with Crippen molar-refractivity contribution in [3.63, 3.8) is 0 Å². The van der Waals surface area contributed by atoms with Crippen LogP contribution in [0.4, 0.5) is 0 Å². The van der Waals surface area contributed by atoms with Crippen LogP contribution in [-0.2, 0) is 82.3 Å². The molecule has 0 aliphatic carbocycles. The molecular formula is C81H144IO16SSi5-. The Morgan fingerprint density at radius 1 is 0.692 bits per heavy atom. The van der Waals surface area contributed by atoms with E-state index in [0.717, 1.165) is 74.9 Å². The number of fused-ring (bicyclic) bond motifs is 1. The summed E-state index contributed by atoms with van der Waals surface area (Å²) in [4.78, 5) is 17.1. The Kier molecular flexibility index (Phi) is 31.3. The van der Waals surface area contributed by atoms with Crippen LogP contribution in [0.2, 0.25) is 90.7 Å². The highest BCUT2D eigenvalue weighted by atomic mass is 127. The van der Waals surface area contributed by atoms with Crippen LogP contribution in [-0.4, -0.2) is 181 Å². The fourth-order valence-corrected chi connectivity index (χ4v) is 21.7. The summed E-state index contributed by atoms with van der Waals surface area (Å²) in [6, 6.07) is 5.24. The van der Waals surface area contributed by atoms with Gasteiger partial charge in [-0.25, -0.2) is 0 Å². The number of carbonyl (C=O) groups excluding carboxylic acids is 1. The molecule has 6 heterocycles. The molecule has 0 aromatic heterocycles. The number of Topliss-reactive ketones (excluding diaryl/α,β-unsaturated/α-hetero) is 1. The molecule has 598 valence electrons. The van der Waals surface area contributed by atoms with Crippen LogP contribution in [0.15, 0.2) is 57.6 Å². The molecule has 0 N–H and O–H groups in total. The minimum absolute atomic E-state index is 0.0362. The van der Waals surface area contributed by atoms with Gasteiger partial charge in [-0.1, -0.05) is 160 Å². The maximum atomic E-state index is 17.0. The standard InChI is InChI=1S/C81H145IO16SSi5/c1-31-55-33-36-59(99(84)85)48-60(55)71(64-38-39-65-73(93-64)75(97-103(27,28)80(14,15)16)76(98-104(29,30)81(17,18)19)74(94-65)66(41-42-82)96-102(25,26)79(11,12)13)62(83)49-61-68(92-69(72(61)86-20)47-58(95-101(23,24)78(8,9)10)51-89-100(21,22)77(5,6)7)50-67-54(4)52(2)45-56(91-67)34-37-63-53(3)46-57(90-63)35-40-70-87-43-32-44-88-70/h33,36,41-42,48,52,56-58,61,63-76H,3-4,31-32,34-35,37-40,43-47,49-51H2,1-2,5-30H3,(H,84,85)/p-1/b42-41+/t52-,56+,57+,58+,61+,63+,64-,65+,66?,67-,68+,69-,71?,72-,73+,74+,75?,76?/m1/s1. The summed E-state index contributed by atoms with van der Waals surface area (Å²) in [5.74, 6) is -1.35. The lowest BCUT2D eigenvalue weighted by atomic mass is 9.76. The summed E-state index contributed by atoms with van der Waals surface area (Å²) in [5.41, 5.74) is 3.64. The number of methoxy groups -OCH3 is 1. The van der Waals surface area contributed by atoms with Crippen molar-refractivity contribution in [1.29, 1.82) is 0 Å². The van der Waals surface area contributed by atoms with Gasteiger partial charge < -0.3 is 64.6 Å². The first-order valence-electron chi connectivity index (χ1n) is 39.5. The van der Waals surface area contributed by atoms with E-state index in [4.69, 9.17) is 66.6 Å². The van der Waals surface area contributed by atoms with Gasteiger partial charge in [0.05, 0.1) is 92.9 Å². The second-order valence-corrected chi connectivity index (χ2v) is 64.7. The fraction of sp³-hybridized carbons (Fsp3) is 0.840. The first-order valence-corrected chi connectivity index (χ1v) is 56.4. The molecule has 6 aliphatic rings. The minimum atomic E-state index is -2.69. The second kappa shape index (κ2) is 35.9. The molecule has 1 aromatic carbocycles. The summed E-state index contributed by atoms with van der Waals surface area (Å²) >= 11 is -0.297. The summed E-state index contributed by atoms with van der Waals surface area (Å²) in [5, 5.41) is -0.646. The van der Waals surface area contributed by atoms with Gasteiger partial charge in [-0.05, 0) is 210 Å². The SMILES string of the molecule is C=C1C[C@H](CCC2OCCCO2)O[C@H]1CC[C@H]1C[C@@H](C)C(=C)[C@@H](C[C@@H]2O[C@H](C[C@@H](CO[Si](C)(C)C(C)(C)C)O[Si](C)(C)C(C)(C)C)[C@H](OC)[C@H]2CC(=O)C(c2cc(S(=O)[O-])ccc2CC)[C@H]2CC[C@@H]3O[C@@H](C(/C=C/I)O[Si](C)(C)C(C)(C)C)C(O[Si](C)(C)C(C)(C)C)C(O[Si](C)(C)C(C)(C)C)[C@H]3O2)O1. The zero-order valence-corrected chi connectivity index (χ0v) is 77.9. The van der Waals surface area contributed by atoms with E-state index < -0.39 is 132 Å². The predicted molar refractivity (Wildman–Crippen MR) is 441 cm³/mol. The van der Waals surface area contributed by atoms with Crippen LogP contribution in [0.25, 0.3) is 0 Å². The zero-order valence-electron chi connectivity index (χ0n) is 69.9. The number of ketones is 1. The first-order chi connectivity index (χ1) is 47.8. The van der Waals surface area contributed by atoms with Crippen molar-refractivity contribution in [2.45, 2.75) is 400 Å². The maximum Gasteiger partial charge on any atom is 0.193 e. The van der Waals surface area contributed by atoms with Crippen molar-refractivity contribution >= 4 is 81.0 Å². The molecule has 6 aliphatic heterocycles. The third-order valence-corrected chi connectivity index (χ3v) is 50.0. The number of carbonyl (C=O) groups is 1. The molecule has 1 aromatic rings. The molecule has 5 unspecified atom stereocenters.